The van der Waals surface area contributed by atoms with E-state index in [1.165, 1.54) is 334 Å². The topological polar surface area (TPSA) is 175 Å². The van der Waals surface area contributed by atoms with Gasteiger partial charge in [0.1, 0.15) is 24.4 Å². The number of hydrogen-bond donors (Lipinski definition) is 6. The zero-order chi connectivity index (χ0) is 65.8. The molecule has 1 fully saturated rings. The minimum absolute atomic E-state index is 0.0198. The largest absolute Gasteiger partial charge is 0.466 e. The number of ether oxygens (including phenoxy) is 3. The van der Waals surface area contributed by atoms with Gasteiger partial charge in [-0.1, -0.05) is 366 Å². The van der Waals surface area contributed by atoms with Gasteiger partial charge in [0.25, 0.3) is 0 Å². The Morgan fingerprint density at radius 2 is 0.703 bits per heavy atom. The van der Waals surface area contributed by atoms with E-state index in [0.29, 0.717) is 19.4 Å². The molecular formula is C80H153NO10. The average Bonchev–Trinajstić information content (AvgIpc) is 2.82. The van der Waals surface area contributed by atoms with Gasteiger partial charge < -0.3 is 45.1 Å². The first-order valence-electron chi connectivity index (χ1n) is 40.1. The molecular weight excluding hydrogens is 1130 g/mol. The van der Waals surface area contributed by atoms with Crippen molar-refractivity contribution in [1.29, 1.82) is 0 Å². The van der Waals surface area contributed by atoms with Crippen molar-refractivity contribution in [2.45, 2.75) is 455 Å². The third-order valence-corrected chi connectivity index (χ3v) is 19.3. The highest BCUT2D eigenvalue weighted by Crippen LogP contribution is 2.24. The summed E-state index contributed by atoms with van der Waals surface area (Å²) < 4.78 is 16.8. The molecule has 1 aliphatic rings. The molecule has 0 aromatic carbocycles. The molecule has 1 amide bonds. The summed E-state index contributed by atoms with van der Waals surface area (Å²) in [5.41, 5.74) is 0. The lowest BCUT2D eigenvalue weighted by Crippen LogP contribution is -2.60. The molecule has 1 heterocycles. The van der Waals surface area contributed by atoms with E-state index < -0.39 is 49.5 Å². The molecule has 1 rings (SSSR count). The van der Waals surface area contributed by atoms with E-state index in [9.17, 15) is 35.1 Å². The van der Waals surface area contributed by atoms with Gasteiger partial charge in [0, 0.05) is 12.8 Å². The Morgan fingerprint density at radius 1 is 0.396 bits per heavy atom. The summed E-state index contributed by atoms with van der Waals surface area (Å²) in [7, 11) is 0. The lowest BCUT2D eigenvalue weighted by molar-refractivity contribution is -0.302. The standard InChI is InChI=1S/C80H153NO10/c1-3-5-7-9-11-13-15-16-45-48-52-56-60-64-68-76(85)89-69-65-61-57-53-49-46-43-41-39-37-35-33-31-29-27-25-23-21-19-17-18-20-22-24-26-28-30-32-34-36-38-40-42-44-47-51-55-59-63-67-75(84)81-72(71-90-80-79(88)78(87)77(86)74(70-82)91-80)73(83)66-62-58-54-50-14-12-10-8-6-4-2/h17-18,62,66,72-74,77-80,82-83,86-88H,3-16,19-61,63-65,67-71H2,1-2H3,(H,81,84)/b18-17-,66-62+. The molecule has 0 spiro atoms. The number of carbonyl (C=O) groups is 2. The van der Waals surface area contributed by atoms with Gasteiger partial charge in [0.2, 0.25) is 5.91 Å². The normalized spacial score (nSPS) is 17.6. The van der Waals surface area contributed by atoms with E-state index in [1.807, 2.05) is 6.08 Å². The number of rotatable bonds is 72. The maximum atomic E-state index is 13.0. The Labute approximate surface area is 562 Å². The molecule has 6 N–H and O–H groups in total. The van der Waals surface area contributed by atoms with Crippen molar-refractivity contribution in [2.24, 2.45) is 0 Å². The molecule has 1 aliphatic heterocycles. The summed E-state index contributed by atoms with van der Waals surface area (Å²) >= 11 is 0. The fourth-order valence-electron chi connectivity index (χ4n) is 13.0. The smallest absolute Gasteiger partial charge is 0.305 e. The van der Waals surface area contributed by atoms with Crippen LogP contribution >= 0.6 is 0 Å². The summed E-state index contributed by atoms with van der Waals surface area (Å²) in [4.78, 5) is 25.1. The molecule has 0 saturated carbocycles. The molecule has 0 aromatic rings. The molecule has 7 atom stereocenters. The Hall–Kier alpha value is -1.86. The van der Waals surface area contributed by atoms with Gasteiger partial charge in [-0.3, -0.25) is 9.59 Å². The average molecular weight is 1290 g/mol. The van der Waals surface area contributed by atoms with Crippen molar-refractivity contribution >= 4 is 11.9 Å². The second kappa shape index (κ2) is 69.5. The van der Waals surface area contributed by atoms with Gasteiger partial charge in [-0.05, 0) is 57.8 Å². The first-order valence-corrected chi connectivity index (χ1v) is 40.1. The zero-order valence-corrected chi connectivity index (χ0v) is 60.1. The molecule has 538 valence electrons. The minimum Gasteiger partial charge on any atom is -0.466 e. The van der Waals surface area contributed by atoms with Crippen LogP contribution in [-0.4, -0.2) is 100 Å². The minimum atomic E-state index is -1.57. The van der Waals surface area contributed by atoms with E-state index in [1.54, 1.807) is 6.08 Å². The van der Waals surface area contributed by atoms with Crippen molar-refractivity contribution in [1.82, 2.24) is 5.32 Å². The van der Waals surface area contributed by atoms with Crippen LogP contribution in [0.1, 0.15) is 412 Å². The van der Waals surface area contributed by atoms with Crippen LogP contribution in [0.4, 0.5) is 0 Å². The SMILES string of the molecule is CCCCCCCCCC/C=C/C(O)C(COC1OC(CO)C(O)C(O)C1O)NC(=O)CCCCCCCCCCCCCCCCCCC/C=C\CCCCCCCCCCCCCCCCCCCCOC(=O)CCCCCCCCCCCCCCCC. The predicted octanol–water partition coefficient (Wildman–Crippen LogP) is 21.5. The van der Waals surface area contributed by atoms with Gasteiger partial charge in [0.05, 0.1) is 32.0 Å². The van der Waals surface area contributed by atoms with Gasteiger partial charge in [0.15, 0.2) is 6.29 Å². The number of carbonyl (C=O) groups excluding carboxylic acids is 2. The number of aliphatic hydroxyl groups excluding tert-OH is 5. The van der Waals surface area contributed by atoms with Crippen molar-refractivity contribution in [3.63, 3.8) is 0 Å². The van der Waals surface area contributed by atoms with Crippen molar-refractivity contribution in [2.75, 3.05) is 19.8 Å². The third-order valence-electron chi connectivity index (χ3n) is 19.3. The van der Waals surface area contributed by atoms with Crippen LogP contribution < -0.4 is 5.32 Å². The Morgan fingerprint density at radius 3 is 1.05 bits per heavy atom. The fourth-order valence-corrected chi connectivity index (χ4v) is 13.0. The number of hydrogen-bond acceptors (Lipinski definition) is 10. The number of nitrogens with one attached hydrogen (secondary N) is 1. The van der Waals surface area contributed by atoms with Crippen LogP contribution in [0.25, 0.3) is 0 Å². The summed E-state index contributed by atoms with van der Waals surface area (Å²) in [6, 6.07) is -0.805. The quantitative estimate of drug-likeness (QED) is 0.0195. The number of aliphatic hydroxyl groups is 5. The molecule has 0 radical (unpaired) electrons. The van der Waals surface area contributed by atoms with Crippen LogP contribution in [0.15, 0.2) is 24.3 Å². The number of esters is 1. The predicted molar refractivity (Wildman–Crippen MR) is 384 cm³/mol. The highest BCUT2D eigenvalue weighted by molar-refractivity contribution is 5.76. The van der Waals surface area contributed by atoms with Crippen LogP contribution in [0.2, 0.25) is 0 Å². The maximum absolute atomic E-state index is 13.0. The first-order chi connectivity index (χ1) is 44.7. The third kappa shape index (κ3) is 58.1. The highest BCUT2D eigenvalue weighted by atomic mass is 16.7. The van der Waals surface area contributed by atoms with Gasteiger partial charge in [-0.15, -0.1) is 0 Å². The summed E-state index contributed by atoms with van der Waals surface area (Å²) in [6.45, 7) is 4.38. The monoisotopic (exact) mass is 1290 g/mol. The van der Waals surface area contributed by atoms with Crippen LogP contribution in [-0.2, 0) is 23.8 Å². The zero-order valence-electron chi connectivity index (χ0n) is 60.1. The molecule has 0 aliphatic carbocycles. The number of amides is 1. The Balaban J connectivity index is 1.86. The van der Waals surface area contributed by atoms with E-state index in [0.717, 1.165) is 51.4 Å². The maximum Gasteiger partial charge on any atom is 0.305 e. The molecule has 1 saturated heterocycles. The van der Waals surface area contributed by atoms with Crippen molar-refractivity contribution in [3.05, 3.63) is 24.3 Å². The molecule has 11 heteroatoms. The number of unbranched alkanes of at least 4 members (excludes halogenated alkanes) is 56. The second-order valence-electron chi connectivity index (χ2n) is 28.1. The van der Waals surface area contributed by atoms with Crippen molar-refractivity contribution < 1.29 is 49.3 Å². The lowest BCUT2D eigenvalue weighted by atomic mass is 9.99. The van der Waals surface area contributed by atoms with E-state index >= 15 is 0 Å². The summed E-state index contributed by atoms with van der Waals surface area (Å²) in [5, 5.41) is 54.4. The number of allylic oxidation sites excluding steroid dienone is 3. The van der Waals surface area contributed by atoms with Crippen LogP contribution in [0, 0.1) is 0 Å². The molecule has 11 nitrogen and oxygen atoms in total. The first kappa shape index (κ1) is 87.2. The van der Waals surface area contributed by atoms with Gasteiger partial charge in [-0.25, -0.2) is 0 Å². The molecule has 0 aromatic heterocycles. The molecule has 0 bridgehead atoms. The van der Waals surface area contributed by atoms with Gasteiger partial charge >= 0.3 is 5.97 Å². The van der Waals surface area contributed by atoms with E-state index in [-0.39, 0.29) is 18.5 Å². The second-order valence-corrected chi connectivity index (χ2v) is 28.1. The summed E-state index contributed by atoms with van der Waals surface area (Å²) in [6.07, 6.45) is 79.5. The highest BCUT2D eigenvalue weighted by Gasteiger charge is 2.44. The van der Waals surface area contributed by atoms with E-state index in [2.05, 4.69) is 31.3 Å². The fraction of sp³-hybridized carbons (Fsp3) is 0.925. The van der Waals surface area contributed by atoms with Gasteiger partial charge in [-0.2, -0.15) is 0 Å². The Kier molecular flexibility index (Phi) is 66.6. The van der Waals surface area contributed by atoms with E-state index in [4.69, 9.17) is 14.2 Å². The Bertz CT molecular complexity index is 1560. The van der Waals surface area contributed by atoms with Crippen LogP contribution in [0.5, 0.6) is 0 Å². The summed E-state index contributed by atoms with van der Waals surface area (Å²) in [5.74, 6) is -0.157. The molecule has 91 heavy (non-hydrogen) atoms. The lowest BCUT2D eigenvalue weighted by Gasteiger charge is -2.40. The van der Waals surface area contributed by atoms with Crippen molar-refractivity contribution in [3.8, 4) is 0 Å². The molecule has 7 unspecified atom stereocenters. The van der Waals surface area contributed by atoms with Crippen LogP contribution in [0.3, 0.4) is 0 Å².